The Hall–Kier alpha value is -2.41. The Bertz CT molecular complexity index is 800. The molecule has 0 saturated heterocycles. The molecule has 0 bridgehead atoms. The van der Waals surface area contributed by atoms with E-state index >= 15 is 0 Å². The molecule has 0 aromatic heterocycles. The summed E-state index contributed by atoms with van der Waals surface area (Å²) in [5.74, 6) is 1.11. The van der Waals surface area contributed by atoms with Crippen molar-refractivity contribution in [3.05, 3.63) is 77.0 Å². The van der Waals surface area contributed by atoms with Gasteiger partial charge in [-0.3, -0.25) is 4.99 Å². The van der Waals surface area contributed by atoms with Crippen LogP contribution in [0.5, 0.6) is 0 Å². The van der Waals surface area contributed by atoms with Crippen LogP contribution >= 0.6 is 0 Å². The van der Waals surface area contributed by atoms with Crippen molar-refractivity contribution < 1.29 is 0 Å². The van der Waals surface area contributed by atoms with E-state index in [1.807, 2.05) is 6.20 Å². The van der Waals surface area contributed by atoms with Crippen LogP contribution in [0.3, 0.4) is 0 Å². The number of rotatable bonds is 5. The highest BCUT2D eigenvalue weighted by Gasteiger charge is 2.14. The molecule has 0 amide bonds. The molecule has 0 N–H and O–H groups in total. The molecule has 0 spiro atoms. The summed E-state index contributed by atoms with van der Waals surface area (Å²) in [5.41, 5.74) is 7.72. The highest BCUT2D eigenvalue weighted by atomic mass is 14.7. The molecule has 0 unspecified atom stereocenters. The van der Waals surface area contributed by atoms with E-state index in [9.17, 15) is 0 Å². The van der Waals surface area contributed by atoms with Crippen molar-refractivity contribution in [3.8, 4) is 0 Å². The molecule has 1 aliphatic rings. The van der Waals surface area contributed by atoms with E-state index < -0.39 is 0 Å². The van der Waals surface area contributed by atoms with E-state index in [1.54, 1.807) is 0 Å². The van der Waals surface area contributed by atoms with Crippen LogP contribution in [0.1, 0.15) is 62.3 Å². The largest absolute Gasteiger partial charge is 0.265 e. The molecule has 0 fully saturated rings. The zero-order valence-electron chi connectivity index (χ0n) is 15.7. The van der Waals surface area contributed by atoms with E-state index in [4.69, 9.17) is 0 Å². The Labute approximate surface area is 151 Å². The number of hydrogen-bond donors (Lipinski definition) is 0. The van der Waals surface area contributed by atoms with Crippen LogP contribution in [0.4, 0.5) is 0 Å². The fraction of sp³-hybridized carbons (Fsp3) is 0.292. The standard InChI is InChI=1S/C24H27N/c1-17(2)21-11-7-19(8-12-21)5-6-20-9-13-22(14-10-20)23-15-24(18(3)4)25-16-23/h5-14,16-18H,15H2,1-4H3/b6-5+. The average Bonchev–Trinajstić information content (AvgIpc) is 3.11. The van der Waals surface area contributed by atoms with Crippen LogP contribution in [0.15, 0.2) is 59.7 Å². The second-order valence-corrected chi connectivity index (χ2v) is 7.38. The third-order valence-electron chi connectivity index (χ3n) is 4.78. The number of aliphatic imine (C=N–C) groups is 1. The van der Waals surface area contributed by atoms with Gasteiger partial charge in [0.2, 0.25) is 0 Å². The first-order valence-corrected chi connectivity index (χ1v) is 9.17. The van der Waals surface area contributed by atoms with Crippen molar-refractivity contribution >= 4 is 23.4 Å². The molecule has 25 heavy (non-hydrogen) atoms. The van der Waals surface area contributed by atoms with Gasteiger partial charge in [0.1, 0.15) is 0 Å². The second-order valence-electron chi connectivity index (χ2n) is 7.38. The first-order valence-electron chi connectivity index (χ1n) is 9.17. The van der Waals surface area contributed by atoms with Crippen LogP contribution in [0.2, 0.25) is 0 Å². The van der Waals surface area contributed by atoms with Gasteiger partial charge in [-0.2, -0.15) is 0 Å². The Balaban J connectivity index is 1.65. The lowest BCUT2D eigenvalue weighted by atomic mass is 9.97. The molecule has 0 atom stereocenters. The summed E-state index contributed by atoms with van der Waals surface area (Å²) in [5, 5.41) is 0. The molecule has 3 rings (SSSR count). The third kappa shape index (κ3) is 4.36. The first kappa shape index (κ1) is 17.4. The van der Waals surface area contributed by atoms with Gasteiger partial charge in [-0.15, -0.1) is 0 Å². The molecule has 1 aliphatic heterocycles. The number of nitrogens with zero attached hydrogens (tertiary/aromatic N) is 1. The number of benzene rings is 2. The summed E-state index contributed by atoms with van der Waals surface area (Å²) >= 11 is 0. The zero-order valence-corrected chi connectivity index (χ0v) is 15.7. The first-order chi connectivity index (χ1) is 12.0. The Morgan fingerprint density at radius 1 is 0.760 bits per heavy atom. The molecular weight excluding hydrogens is 302 g/mol. The van der Waals surface area contributed by atoms with Gasteiger partial charge in [-0.1, -0.05) is 88.4 Å². The van der Waals surface area contributed by atoms with Crippen LogP contribution in [-0.2, 0) is 0 Å². The number of hydrogen-bond acceptors (Lipinski definition) is 1. The summed E-state index contributed by atoms with van der Waals surface area (Å²) in [4.78, 5) is 4.55. The van der Waals surface area contributed by atoms with Gasteiger partial charge < -0.3 is 0 Å². The van der Waals surface area contributed by atoms with Crippen molar-refractivity contribution in [1.82, 2.24) is 0 Å². The Kier molecular flexibility index (Phi) is 5.33. The van der Waals surface area contributed by atoms with Crippen LogP contribution < -0.4 is 0 Å². The smallest absolute Gasteiger partial charge is 0.0309 e. The predicted molar refractivity (Wildman–Crippen MR) is 111 cm³/mol. The van der Waals surface area contributed by atoms with Gasteiger partial charge >= 0.3 is 0 Å². The van der Waals surface area contributed by atoms with Crippen molar-refractivity contribution in [2.45, 2.75) is 40.0 Å². The van der Waals surface area contributed by atoms with Crippen LogP contribution in [0, 0.1) is 5.92 Å². The monoisotopic (exact) mass is 329 g/mol. The summed E-state index contributed by atoms with van der Waals surface area (Å²) in [6, 6.07) is 17.6. The molecular formula is C24H27N. The minimum Gasteiger partial charge on any atom is -0.265 e. The van der Waals surface area contributed by atoms with Crippen molar-refractivity contribution in [2.75, 3.05) is 0 Å². The summed E-state index contributed by atoms with van der Waals surface area (Å²) < 4.78 is 0. The third-order valence-corrected chi connectivity index (χ3v) is 4.78. The SMILES string of the molecule is CC(C)C1=NC=C(c2ccc(/C=C/c3ccc(C(C)C)cc3)cc2)C1. The topological polar surface area (TPSA) is 12.4 Å². The highest BCUT2D eigenvalue weighted by Crippen LogP contribution is 2.26. The average molecular weight is 329 g/mol. The summed E-state index contributed by atoms with van der Waals surface area (Å²) in [6.07, 6.45) is 7.35. The maximum absolute atomic E-state index is 4.55. The van der Waals surface area contributed by atoms with Gasteiger partial charge in [-0.05, 0) is 39.7 Å². The van der Waals surface area contributed by atoms with E-state index in [1.165, 1.54) is 33.5 Å². The molecule has 1 heteroatoms. The molecule has 1 heterocycles. The molecule has 1 nitrogen and oxygen atoms in total. The minimum atomic E-state index is 0.526. The molecule has 128 valence electrons. The molecule has 0 aliphatic carbocycles. The maximum Gasteiger partial charge on any atom is 0.0309 e. The minimum absolute atomic E-state index is 0.526. The van der Waals surface area contributed by atoms with Gasteiger partial charge in [0.25, 0.3) is 0 Å². The van der Waals surface area contributed by atoms with Gasteiger partial charge in [0.05, 0.1) is 0 Å². The van der Waals surface area contributed by atoms with E-state index in [-0.39, 0.29) is 0 Å². The Morgan fingerprint density at radius 2 is 1.32 bits per heavy atom. The lowest BCUT2D eigenvalue weighted by molar-refractivity contribution is 0.866. The molecule has 0 radical (unpaired) electrons. The van der Waals surface area contributed by atoms with Crippen molar-refractivity contribution in [1.29, 1.82) is 0 Å². The predicted octanol–water partition coefficient (Wildman–Crippen LogP) is 6.82. The lowest BCUT2D eigenvalue weighted by Gasteiger charge is -2.07. The van der Waals surface area contributed by atoms with Crippen molar-refractivity contribution in [3.63, 3.8) is 0 Å². The van der Waals surface area contributed by atoms with E-state index in [2.05, 4.69) is 93.4 Å². The summed E-state index contributed by atoms with van der Waals surface area (Å²) in [6.45, 7) is 8.86. The fourth-order valence-corrected chi connectivity index (χ4v) is 2.97. The molecule has 0 saturated carbocycles. The lowest BCUT2D eigenvalue weighted by Crippen LogP contribution is -2.04. The molecule has 2 aromatic rings. The van der Waals surface area contributed by atoms with Crippen LogP contribution in [-0.4, -0.2) is 5.71 Å². The van der Waals surface area contributed by atoms with Gasteiger partial charge in [-0.25, -0.2) is 0 Å². The quantitative estimate of drug-likeness (QED) is 0.533. The Morgan fingerprint density at radius 3 is 1.80 bits per heavy atom. The number of allylic oxidation sites excluding steroid dienone is 1. The normalized spacial score (nSPS) is 14.5. The van der Waals surface area contributed by atoms with E-state index in [0.717, 1.165) is 6.42 Å². The van der Waals surface area contributed by atoms with E-state index in [0.29, 0.717) is 11.8 Å². The maximum atomic E-state index is 4.55. The second kappa shape index (κ2) is 7.65. The zero-order chi connectivity index (χ0) is 17.8. The molecule has 2 aromatic carbocycles. The van der Waals surface area contributed by atoms with Crippen molar-refractivity contribution in [2.24, 2.45) is 10.9 Å². The summed E-state index contributed by atoms with van der Waals surface area (Å²) in [7, 11) is 0. The van der Waals surface area contributed by atoms with Crippen LogP contribution in [0.25, 0.3) is 17.7 Å². The fourth-order valence-electron chi connectivity index (χ4n) is 2.97. The van der Waals surface area contributed by atoms with Gasteiger partial charge in [0, 0.05) is 18.3 Å². The highest BCUT2D eigenvalue weighted by molar-refractivity contribution is 5.99. The van der Waals surface area contributed by atoms with Gasteiger partial charge in [0.15, 0.2) is 0 Å².